The molecule has 0 radical (unpaired) electrons. The van der Waals surface area contributed by atoms with Crippen molar-refractivity contribution >= 4 is 0 Å². The van der Waals surface area contributed by atoms with Gasteiger partial charge in [0.1, 0.15) is 6.17 Å². The van der Waals surface area contributed by atoms with E-state index in [1.165, 1.54) is 45.2 Å². The van der Waals surface area contributed by atoms with Crippen molar-refractivity contribution in [3.05, 3.63) is 12.4 Å². The maximum absolute atomic E-state index is 2.54. The lowest BCUT2D eigenvalue weighted by molar-refractivity contribution is 0.106. The van der Waals surface area contributed by atoms with Gasteiger partial charge in [-0.2, -0.15) is 0 Å². The summed E-state index contributed by atoms with van der Waals surface area (Å²) < 4.78 is 0. The van der Waals surface area contributed by atoms with Crippen LogP contribution in [0.4, 0.5) is 0 Å². The van der Waals surface area contributed by atoms with Gasteiger partial charge in [-0.1, -0.05) is 47.0 Å². The molecule has 0 bridgehead atoms. The number of rotatable bonds is 8. The molecule has 1 rings (SSSR count). The van der Waals surface area contributed by atoms with Crippen molar-refractivity contribution in [2.24, 2.45) is 5.92 Å². The van der Waals surface area contributed by atoms with Gasteiger partial charge >= 0.3 is 0 Å². The Hall–Kier alpha value is -0.660. The lowest BCUT2D eigenvalue weighted by atomic mass is 10.1. The molecule has 0 saturated carbocycles. The highest BCUT2D eigenvalue weighted by Gasteiger charge is 2.27. The lowest BCUT2D eigenvalue weighted by Gasteiger charge is -2.35. The summed E-state index contributed by atoms with van der Waals surface area (Å²) in [6, 6.07) is 0. The van der Waals surface area contributed by atoms with Crippen LogP contribution in [0, 0.1) is 5.92 Å². The summed E-state index contributed by atoms with van der Waals surface area (Å²) in [5.41, 5.74) is 0. The second-order valence-electron chi connectivity index (χ2n) is 5.49. The molecular formula is C15H30N2. The first kappa shape index (κ1) is 14.4. The standard InChI is InChI=1S/C15H30N2/c1-5-7-8-9-11-17-13-12-16(10-6-2)15(17)14(3)4/h12-15H,5-11H2,1-4H3. The van der Waals surface area contributed by atoms with Crippen LogP contribution in [0.1, 0.15) is 59.8 Å². The largest absolute Gasteiger partial charge is 0.356 e. The Morgan fingerprint density at radius 1 is 0.882 bits per heavy atom. The van der Waals surface area contributed by atoms with Crippen molar-refractivity contribution < 1.29 is 0 Å². The molecule has 2 heteroatoms. The van der Waals surface area contributed by atoms with E-state index < -0.39 is 0 Å². The maximum atomic E-state index is 2.54. The highest BCUT2D eigenvalue weighted by atomic mass is 15.4. The fraction of sp³-hybridized carbons (Fsp3) is 0.867. The SMILES string of the molecule is CCCCCCN1C=CN(CCC)C1C(C)C. The second-order valence-corrected chi connectivity index (χ2v) is 5.49. The van der Waals surface area contributed by atoms with Crippen LogP contribution in [0.25, 0.3) is 0 Å². The fourth-order valence-corrected chi connectivity index (χ4v) is 2.70. The third-order valence-electron chi connectivity index (χ3n) is 3.48. The van der Waals surface area contributed by atoms with Crippen LogP contribution in [0.15, 0.2) is 12.4 Å². The Balaban J connectivity index is 2.40. The molecule has 0 aromatic carbocycles. The van der Waals surface area contributed by atoms with E-state index in [2.05, 4.69) is 49.9 Å². The number of hydrogen-bond acceptors (Lipinski definition) is 2. The first-order valence-corrected chi connectivity index (χ1v) is 7.40. The Morgan fingerprint density at radius 3 is 2.06 bits per heavy atom. The number of unbranched alkanes of at least 4 members (excludes halogenated alkanes) is 3. The van der Waals surface area contributed by atoms with Gasteiger partial charge in [0.2, 0.25) is 0 Å². The van der Waals surface area contributed by atoms with Gasteiger partial charge in [0, 0.05) is 25.5 Å². The van der Waals surface area contributed by atoms with Crippen LogP contribution in [-0.2, 0) is 0 Å². The zero-order valence-electron chi connectivity index (χ0n) is 12.2. The van der Waals surface area contributed by atoms with Gasteiger partial charge in [-0.15, -0.1) is 0 Å². The molecule has 2 nitrogen and oxygen atoms in total. The summed E-state index contributed by atoms with van der Waals surface area (Å²) in [5, 5.41) is 0. The Kier molecular flexibility index (Phi) is 6.46. The molecule has 1 atom stereocenters. The van der Waals surface area contributed by atoms with Crippen LogP contribution in [0.3, 0.4) is 0 Å². The zero-order valence-corrected chi connectivity index (χ0v) is 12.2. The molecule has 0 aromatic heterocycles. The minimum atomic E-state index is 0.594. The van der Waals surface area contributed by atoms with Crippen LogP contribution < -0.4 is 0 Å². The molecule has 0 fully saturated rings. The van der Waals surface area contributed by atoms with Gasteiger partial charge in [-0.05, 0) is 18.8 Å². The molecule has 1 unspecified atom stereocenters. The van der Waals surface area contributed by atoms with E-state index in [1.54, 1.807) is 0 Å². The molecule has 0 aromatic rings. The number of hydrogen-bond donors (Lipinski definition) is 0. The molecular weight excluding hydrogens is 208 g/mol. The summed E-state index contributed by atoms with van der Waals surface area (Å²) in [7, 11) is 0. The quantitative estimate of drug-likeness (QED) is 0.589. The van der Waals surface area contributed by atoms with Crippen molar-refractivity contribution in [3.8, 4) is 0 Å². The van der Waals surface area contributed by atoms with Crippen molar-refractivity contribution in [1.82, 2.24) is 9.80 Å². The molecule has 0 amide bonds. The zero-order chi connectivity index (χ0) is 12.7. The van der Waals surface area contributed by atoms with Gasteiger partial charge in [-0.3, -0.25) is 0 Å². The van der Waals surface area contributed by atoms with E-state index in [9.17, 15) is 0 Å². The van der Waals surface area contributed by atoms with Crippen molar-refractivity contribution in [1.29, 1.82) is 0 Å². The van der Waals surface area contributed by atoms with Crippen molar-refractivity contribution in [2.75, 3.05) is 13.1 Å². The average molecular weight is 238 g/mol. The summed E-state index contributed by atoms with van der Waals surface area (Å²) in [6.45, 7) is 11.6. The minimum Gasteiger partial charge on any atom is -0.356 e. The molecule has 1 aliphatic heterocycles. The molecule has 0 aliphatic carbocycles. The molecule has 0 spiro atoms. The van der Waals surface area contributed by atoms with E-state index >= 15 is 0 Å². The van der Waals surface area contributed by atoms with E-state index in [0.29, 0.717) is 12.1 Å². The predicted octanol–water partition coefficient (Wildman–Crippen LogP) is 4.05. The molecule has 1 heterocycles. The minimum absolute atomic E-state index is 0.594. The second kappa shape index (κ2) is 7.62. The monoisotopic (exact) mass is 238 g/mol. The third kappa shape index (κ3) is 4.25. The topological polar surface area (TPSA) is 6.48 Å². The van der Waals surface area contributed by atoms with Crippen LogP contribution >= 0.6 is 0 Å². The van der Waals surface area contributed by atoms with Gasteiger partial charge in [0.05, 0.1) is 0 Å². The maximum Gasteiger partial charge on any atom is 0.103 e. The van der Waals surface area contributed by atoms with Crippen LogP contribution in [0.5, 0.6) is 0 Å². The highest BCUT2D eigenvalue weighted by Crippen LogP contribution is 2.23. The average Bonchev–Trinajstić information content (AvgIpc) is 2.68. The van der Waals surface area contributed by atoms with Gasteiger partial charge < -0.3 is 9.80 Å². The first-order chi connectivity index (χ1) is 8.20. The van der Waals surface area contributed by atoms with E-state index in [4.69, 9.17) is 0 Å². The third-order valence-corrected chi connectivity index (χ3v) is 3.48. The van der Waals surface area contributed by atoms with Crippen LogP contribution in [0.2, 0.25) is 0 Å². The van der Waals surface area contributed by atoms with Crippen molar-refractivity contribution in [2.45, 2.75) is 66.0 Å². The predicted molar refractivity (Wildman–Crippen MR) is 75.6 cm³/mol. The summed E-state index contributed by atoms with van der Waals surface area (Å²) in [6.07, 6.45) is 11.8. The molecule has 0 saturated heterocycles. The first-order valence-electron chi connectivity index (χ1n) is 7.40. The molecule has 100 valence electrons. The smallest absolute Gasteiger partial charge is 0.103 e. The van der Waals surface area contributed by atoms with Gasteiger partial charge in [0.15, 0.2) is 0 Å². The Morgan fingerprint density at radius 2 is 1.53 bits per heavy atom. The van der Waals surface area contributed by atoms with E-state index in [0.717, 1.165) is 0 Å². The Bertz CT molecular complexity index is 223. The summed E-state index contributed by atoms with van der Waals surface area (Å²) in [4.78, 5) is 5.04. The lowest BCUT2D eigenvalue weighted by Crippen LogP contribution is -2.43. The molecule has 0 N–H and O–H groups in total. The summed E-state index contributed by atoms with van der Waals surface area (Å²) in [5.74, 6) is 0.697. The molecule has 17 heavy (non-hydrogen) atoms. The highest BCUT2D eigenvalue weighted by molar-refractivity contribution is 4.97. The number of nitrogens with zero attached hydrogens (tertiary/aromatic N) is 2. The van der Waals surface area contributed by atoms with Gasteiger partial charge in [-0.25, -0.2) is 0 Å². The normalized spacial score (nSPS) is 19.7. The molecule has 1 aliphatic rings. The summed E-state index contributed by atoms with van der Waals surface area (Å²) >= 11 is 0. The van der Waals surface area contributed by atoms with Gasteiger partial charge in [0.25, 0.3) is 0 Å². The van der Waals surface area contributed by atoms with E-state index in [1.807, 2.05) is 0 Å². The van der Waals surface area contributed by atoms with E-state index in [-0.39, 0.29) is 0 Å². The fourth-order valence-electron chi connectivity index (χ4n) is 2.70. The van der Waals surface area contributed by atoms with Crippen LogP contribution in [-0.4, -0.2) is 29.1 Å². The Labute approximate surface area is 108 Å². The van der Waals surface area contributed by atoms with Crippen molar-refractivity contribution in [3.63, 3.8) is 0 Å².